The molecule has 6 nitrogen and oxygen atoms in total. The van der Waals surface area contributed by atoms with Crippen molar-refractivity contribution in [2.24, 2.45) is 0 Å². The maximum absolute atomic E-state index is 12.2. The van der Waals surface area contributed by atoms with E-state index >= 15 is 0 Å². The van der Waals surface area contributed by atoms with Crippen molar-refractivity contribution in [3.05, 3.63) is 53.6 Å². The molecule has 0 aliphatic rings. The van der Waals surface area contributed by atoms with Crippen molar-refractivity contribution in [1.82, 2.24) is 4.31 Å². The molecule has 0 spiro atoms. The second kappa shape index (κ2) is 8.33. The largest absolute Gasteiger partial charge is 0.493 e. The molecule has 2 aromatic carbocycles. The molecule has 0 fully saturated rings. The highest BCUT2D eigenvalue weighted by Crippen LogP contribution is 2.20. The minimum absolute atomic E-state index is 0.131. The van der Waals surface area contributed by atoms with Crippen molar-refractivity contribution in [1.29, 1.82) is 0 Å². The molecule has 0 atom stereocenters. The van der Waals surface area contributed by atoms with E-state index in [4.69, 9.17) is 4.74 Å². The number of rotatable bonds is 7. The lowest BCUT2D eigenvalue weighted by Gasteiger charge is -2.13. The van der Waals surface area contributed by atoms with Crippen molar-refractivity contribution >= 4 is 21.6 Å². The van der Waals surface area contributed by atoms with E-state index in [-0.39, 0.29) is 23.8 Å². The number of nitrogens with one attached hydrogen (secondary N) is 1. The second-order valence-electron chi connectivity index (χ2n) is 6.23. The van der Waals surface area contributed by atoms with Crippen LogP contribution in [0.4, 0.5) is 5.69 Å². The van der Waals surface area contributed by atoms with Gasteiger partial charge in [-0.2, -0.15) is 0 Å². The van der Waals surface area contributed by atoms with Gasteiger partial charge in [-0.1, -0.05) is 18.2 Å². The average Bonchev–Trinajstić information content (AvgIpc) is 2.58. The minimum atomic E-state index is -3.54. The number of hydrogen-bond donors (Lipinski definition) is 1. The molecule has 0 bridgehead atoms. The lowest BCUT2D eigenvalue weighted by Crippen LogP contribution is -2.22. The fourth-order valence-electron chi connectivity index (χ4n) is 2.29. The maximum Gasteiger partial charge on any atom is 0.242 e. The van der Waals surface area contributed by atoms with E-state index in [1.54, 1.807) is 12.1 Å². The van der Waals surface area contributed by atoms with Gasteiger partial charge in [0.25, 0.3) is 0 Å². The first kappa shape index (κ1) is 19.9. The normalized spacial score (nSPS) is 11.4. The molecule has 0 aliphatic carbocycles. The first-order chi connectivity index (χ1) is 12.2. The van der Waals surface area contributed by atoms with Crippen molar-refractivity contribution < 1.29 is 17.9 Å². The monoisotopic (exact) mass is 376 g/mol. The topological polar surface area (TPSA) is 75.7 Å². The van der Waals surface area contributed by atoms with Crippen LogP contribution in [0.1, 0.15) is 17.5 Å². The van der Waals surface area contributed by atoms with Gasteiger partial charge in [-0.25, -0.2) is 12.7 Å². The lowest BCUT2D eigenvalue weighted by molar-refractivity contribution is -0.116. The van der Waals surface area contributed by atoms with E-state index in [9.17, 15) is 13.2 Å². The van der Waals surface area contributed by atoms with Gasteiger partial charge in [0.05, 0.1) is 17.9 Å². The molecule has 1 N–H and O–H groups in total. The Kier molecular flexibility index (Phi) is 6.39. The fraction of sp³-hybridized carbons (Fsp3) is 0.316. The van der Waals surface area contributed by atoms with E-state index in [2.05, 4.69) is 5.32 Å². The van der Waals surface area contributed by atoms with Crippen molar-refractivity contribution in [3.8, 4) is 5.75 Å². The molecule has 0 aromatic heterocycles. The number of ether oxygens (including phenoxy) is 1. The number of amides is 1. The standard InChI is InChI=1S/C19H24N2O4S/c1-14-8-9-15(2)18(12-14)25-11-10-19(22)20-16-6-5-7-17(13-16)26(23,24)21(3)4/h5-9,12-13H,10-11H2,1-4H3,(H,20,22). The molecular weight excluding hydrogens is 352 g/mol. The molecule has 0 unspecified atom stereocenters. The lowest BCUT2D eigenvalue weighted by atomic mass is 10.1. The number of sulfonamides is 1. The van der Waals surface area contributed by atoms with Gasteiger partial charge >= 0.3 is 0 Å². The molecular formula is C19H24N2O4S. The molecule has 7 heteroatoms. The molecule has 140 valence electrons. The fourth-order valence-corrected chi connectivity index (χ4v) is 3.23. The third-order valence-electron chi connectivity index (χ3n) is 3.83. The van der Waals surface area contributed by atoms with Crippen molar-refractivity contribution in [2.45, 2.75) is 25.2 Å². The summed E-state index contributed by atoms with van der Waals surface area (Å²) in [5.74, 6) is 0.520. The quantitative estimate of drug-likeness (QED) is 0.806. The highest BCUT2D eigenvalue weighted by molar-refractivity contribution is 7.89. The zero-order chi connectivity index (χ0) is 19.3. The predicted molar refractivity (Wildman–Crippen MR) is 102 cm³/mol. The molecule has 26 heavy (non-hydrogen) atoms. The van der Waals surface area contributed by atoms with Gasteiger partial charge in [0.15, 0.2) is 0 Å². The van der Waals surface area contributed by atoms with Crippen LogP contribution in [0.15, 0.2) is 47.4 Å². The van der Waals surface area contributed by atoms with Gasteiger partial charge < -0.3 is 10.1 Å². The van der Waals surface area contributed by atoms with Crippen LogP contribution in [0.2, 0.25) is 0 Å². The van der Waals surface area contributed by atoms with Crippen molar-refractivity contribution in [3.63, 3.8) is 0 Å². The Morgan fingerprint density at radius 1 is 1.12 bits per heavy atom. The number of carbonyl (C=O) groups is 1. The Balaban J connectivity index is 1.95. The average molecular weight is 376 g/mol. The van der Waals surface area contributed by atoms with Gasteiger partial charge in [-0.3, -0.25) is 4.79 Å². The summed E-state index contributed by atoms with van der Waals surface area (Å²) in [5.41, 5.74) is 2.54. The molecule has 1 amide bonds. The summed E-state index contributed by atoms with van der Waals surface area (Å²) in [4.78, 5) is 12.2. The molecule has 0 heterocycles. The smallest absolute Gasteiger partial charge is 0.242 e. The van der Waals surface area contributed by atoms with Crippen LogP contribution in [-0.4, -0.2) is 39.3 Å². The first-order valence-electron chi connectivity index (χ1n) is 8.22. The second-order valence-corrected chi connectivity index (χ2v) is 8.38. The van der Waals surface area contributed by atoms with Crippen LogP contribution in [0.25, 0.3) is 0 Å². The van der Waals surface area contributed by atoms with Gasteiger partial charge in [-0.15, -0.1) is 0 Å². The highest BCUT2D eigenvalue weighted by Gasteiger charge is 2.17. The number of benzene rings is 2. The van der Waals surface area contributed by atoms with Crippen molar-refractivity contribution in [2.75, 3.05) is 26.0 Å². The first-order valence-corrected chi connectivity index (χ1v) is 9.66. The van der Waals surface area contributed by atoms with Crippen LogP contribution in [0.3, 0.4) is 0 Å². The molecule has 0 saturated carbocycles. The van der Waals surface area contributed by atoms with E-state index < -0.39 is 10.0 Å². The Morgan fingerprint density at radius 3 is 2.54 bits per heavy atom. The number of nitrogens with zero attached hydrogens (tertiary/aromatic N) is 1. The van der Waals surface area contributed by atoms with E-state index in [0.29, 0.717) is 5.69 Å². The van der Waals surface area contributed by atoms with Crippen LogP contribution in [-0.2, 0) is 14.8 Å². The van der Waals surface area contributed by atoms with E-state index in [1.807, 2.05) is 32.0 Å². The molecule has 0 aliphatic heterocycles. The highest BCUT2D eigenvalue weighted by atomic mass is 32.2. The van der Waals surface area contributed by atoms with E-state index in [1.165, 1.54) is 26.2 Å². The zero-order valence-electron chi connectivity index (χ0n) is 15.4. The van der Waals surface area contributed by atoms with Gasteiger partial charge in [0.2, 0.25) is 15.9 Å². The third-order valence-corrected chi connectivity index (χ3v) is 5.64. The molecule has 0 radical (unpaired) electrons. The number of anilines is 1. The van der Waals surface area contributed by atoms with Gasteiger partial charge in [-0.05, 0) is 49.2 Å². The predicted octanol–water partition coefficient (Wildman–Crippen LogP) is 2.96. The van der Waals surface area contributed by atoms with Crippen LogP contribution < -0.4 is 10.1 Å². The summed E-state index contributed by atoms with van der Waals surface area (Å²) in [7, 11) is -0.613. The SMILES string of the molecule is Cc1ccc(C)c(OCCC(=O)Nc2cccc(S(=O)(=O)N(C)C)c2)c1. The maximum atomic E-state index is 12.2. The number of aryl methyl sites for hydroxylation is 2. The van der Waals surface area contributed by atoms with Crippen LogP contribution in [0.5, 0.6) is 5.75 Å². The number of hydrogen-bond acceptors (Lipinski definition) is 4. The molecule has 0 saturated heterocycles. The van der Waals surface area contributed by atoms with Gasteiger partial charge in [0.1, 0.15) is 5.75 Å². The Bertz CT molecular complexity index is 892. The third kappa shape index (κ3) is 5.06. The summed E-state index contributed by atoms with van der Waals surface area (Å²) in [6.07, 6.45) is 0.165. The summed E-state index contributed by atoms with van der Waals surface area (Å²) >= 11 is 0. The van der Waals surface area contributed by atoms with Crippen LogP contribution in [0, 0.1) is 13.8 Å². The van der Waals surface area contributed by atoms with Gasteiger partial charge in [0, 0.05) is 19.8 Å². The Hall–Kier alpha value is -2.38. The molecule has 2 rings (SSSR count). The minimum Gasteiger partial charge on any atom is -0.493 e. The Labute approximate surface area is 154 Å². The Morgan fingerprint density at radius 2 is 1.85 bits per heavy atom. The molecule has 2 aromatic rings. The van der Waals surface area contributed by atoms with Crippen LogP contribution >= 0.6 is 0 Å². The summed E-state index contributed by atoms with van der Waals surface area (Å²) in [5, 5.41) is 2.70. The van der Waals surface area contributed by atoms with E-state index in [0.717, 1.165) is 21.2 Å². The number of carbonyl (C=O) groups excluding carboxylic acids is 1. The zero-order valence-corrected chi connectivity index (χ0v) is 16.3. The summed E-state index contributed by atoms with van der Waals surface area (Å²) in [6.45, 7) is 4.17. The summed E-state index contributed by atoms with van der Waals surface area (Å²) in [6, 6.07) is 12.1. The summed E-state index contributed by atoms with van der Waals surface area (Å²) < 4.78 is 31.1.